The normalized spacial score (nSPS) is 10.6. The van der Waals surface area contributed by atoms with Gasteiger partial charge in [-0.1, -0.05) is 57.9 Å². The summed E-state index contributed by atoms with van der Waals surface area (Å²) in [6, 6.07) is 21.6. The Kier molecular flexibility index (Phi) is 8.20. The summed E-state index contributed by atoms with van der Waals surface area (Å²) in [5, 5.41) is 7.14. The number of carbonyl (C=O) groups excluding carboxylic acids is 2. The Morgan fingerprint density at radius 2 is 1.81 bits per heavy atom. The maximum atomic E-state index is 12.0. The van der Waals surface area contributed by atoms with Gasteiger partial charge in [0.15, 0.2) is 0 Å². The van der Waals surface area contributed by atoms with Crippen molar-refractivity contribution in [3.05, 3.63) is 99.0 Å². The van der Waals surface area contributed by atoms with Crippen LogP contribution in [-0.4, -0.2) is 24.6 Å². The van der Waals surface area contributed by atoms with E-state index in [-0.39, 0.29) is 12.5 Å². The topological polar surface area (TPSA) is 79.8 Å². The van der Waals surface area contributed by atoms with Gasteiger partial charge >= 0.3 is 0 Å². The third-order valence-electron chi connectivity index (χ3n) is 4.08. The van der Waals surface area contributed by atoms with E-state index in [9.17, 15) is 9.59 Å². The Balaban J connectivity index is 1.45. The fraction of sp³-hybridized carbons (Fsp3) is 0.0870. The molecule has 3 aromatic rings. The number of nitrogens with zero attached hydrogens (tertiary/aromatic N) is 1. The molecule has 0 atom stereocenters. The van der Waals surface area contributed by atoms with Crippen molar-refractivity contribution in [3.8, 4) is 5.75 Å². The summed E-state index contributed by atoms with van der Waals surface area (Å²) >= 11 is 9.19. The van der Waals surface area contributed by atoms with E-state index in [2.05, 4.69) is 31.8 Å². The lowest BCUT2D eigenvalue weighted by molar-refractivity contribution is -0.120. The number of hydrogen-bond donors (Lipinski definition) is 2. The van der Waals surface area contributed by atoms with Crippen molar-refractivity contribution in [1.82, 2.24) is 10.7 Å². The lowest BCUT2D eigenvalue weighted by Gasteiger charge is -2.07. The molecule has 8 heteroatoms. The van der Waals surface area contributed by atoms with E-state index < -0.39 is 5.91 Å². The molecule has 6 nitrogen and oxygen atoms in total. The number of benzene rings is 3. The van der Waals surface area contributed by atoms with E-state index in [1.807, 2.05) is 48.5 Å². The maximum Gasteiger partial charge on any atom is 0.259 e. The zero-order chi connectivity index (χ0) is 22.1. The monoisotopic (exact) mass is 499 g/mol. The van der Waals surface area contributed by atoms with Crippen molar-refractivity contribution in [3.63, 3.8) is 0 Å². The molecule has 0 saturated carbocycles. The summed E-state index contributed by atoms with van der Waals surface area (Å²) in [5.41, 5.74) is 4.60. The predicted octanol–water partition coefficient (Wildman–Crippen LogP) is 4.56. The highest BCUT2D eigenvalue weighted by atomic mass is 79.9. The van der Waals surface area contributed by atoms with E-state index in [0.29, 0.717) is 22.9 Å². The van der Waals surface area contributed by atoms with E-state index in [1.54, 1.807) is 24.3 Å². The van der Waals surface area contributed by atoms with Gasteiger partial charge in [-0.15, -0.1) is 0 Å². The van der Waals surface area contributed by atoms with Gasteiger partial charge < -0.3 is 10.1 Å². The SMILES string of the molecule is O=C(CNC(=O)c1cccc(Br)c1)N/N=C\c1cccc(OCc2ccc(Cl)cc2)c1. The first-order chi connectivity index (χ1) is 15.0. The summed E-state index contributed by atoms with van der Waals surface area (Å²) < 4.78 is 6.56. The first-order valence-corrected chi connectivity index (χ1v) is 10.5. The Morgan fingerprint density at radius 3 is 2.58 bits per heavy atom. The minimum atomic E-state index is -0.435. The third-order valence-corrected chi connectivity index (χ3v) is 4.82. The van der Waals surface area contributed by atoms with Gasteiger partial charge in [-0.2, -0.15) is 5.10 Å². The van der Waals surface area contributed by atoms with Crippen LogP contribution in [0.1, 0.15) is 21.5 Å². The highest BCUT2D eigenvalue weighted by Gasteiger charge is 2.07. The average Bonchev–Trinajstić information content (AvgIpc) is 2.77. The van der Waals surface area contributed by atoms with Gasteiger partial charge in [0, 0.05) is 15.1 Å². The molecular formula is C23H19BrClN3O3. The number of carbonyl (C=O) groups is 2. The summed E-state index contributed by atoms with van der Waals surface area (Å²) in [4.78, 5) is 23.9. The molecule has 0 spiro atoms. The fourth-order valence-electron chi connectivity index (χ4n) is 2.54. The van der Waals surface area contributed by atoms with Crippen molar-refractivity contribution in [2.45, 2.75) is 6.61 Å². The minimum Gasteiger partial charge on any atom is -0.489 e. The standard InChI is InChI=1S/C23H19BrClN3O3/c24-19-5-2-4-18(12-19)23(30)26-14-22(29)28-27-13-17-3-1-6-21(11-17)31-15-16-7-9-20(25)10-8-16/h1-13H,14-15H2,(H,26,30)(H,28,29)/b27-13-. The van der Waals surface area contributed by atoms with Crippen LogP contribution in [0.3, 0.4) is 0 Å². The van der Waals surface area contributed by atoms with Crippen LogP contribution in [0.2, 0.25) is 5.02 Å². The molecule has 0 aliphatic heterocycles. The molecule has 3 rings (SSSR count). The van der Waals surface area contributed by atoms with E-state index in [1.165, 1.54) is 6.21 Å². The van der Waals surface area contributed by atoms with Gasteiger partial charge in [0.25, 0.3) is 11.8 Å². The maximum absolute atomic E-state index is 12.0. The van der Waals surface area contributed by atoms with Crippen molar-refractivity contribution in [1.29, 1.82) is 0 Å². The lowest BCUT2D eigenvalue weighted by atomic mass is 10.2. The first kappa shape index (κ1) is 22.5. The molecular weight excluding hydrogens is 482 g/mol. The fourth-order valence-corrected chi connectivity index (χ4v) is 3.07. The highest BCUT2D eigenvalue weighted by molar-refractivity contribution is 9.10. The Labute approximate surface area is 193 Å². The Hall–Kier alpha value is -3.16. The van der Waals surface area contributed by atoms with E-state index >= 15 is 0 Å². The van der Waals surface area contributed by atoms with Gasteiger partial charge in [-0.25, -0.2) is 5.43 Å². The molecule has 0 radical (unpaired) electrons. The smallest absolute Gasteiger partial charge is 0.259 e. The van der Waals surface area contributed by atoms with Crippen LogP contribution in [0.15, 0.2) is 82.4 Å². The molecule has 0 fully saturated rings. The number of hydrogen-bond acceptors (Lipinski definition) is 4. The highest BCUT2D eigenvalue weighted by Crippen LogP contribution is 2.16. The molecule has 3 aromatic carbocycles. The van der Waals surface area contributed by atoms with Crippen LogP contribution in [-0.2, 0) is 11.4 Å². The Morgan fingerprint density at radius 1 is 1.03 bits per heavy atom. The number of ether oxygens (including phenoxy) is 1. The zero-order valence-electron chi connectivity index (χ0n) is 16.3. The van der Waals surface area contributed by atoms with Crippen LogP contribution in [0.5, 0.6) is 5.75 Å². The number of nitrogens with one attached hydrogen (secondary N) is 2. The summed E-state index contributed by atoms with van der Waals surface area (Å²) in [7, 11) is 0. The van der Waals surface area contributed by atoms with Gasteiger partial charge in [0.1, 0.15) is 12.4 Å². The van der Waals surface area contributed by atoms with Crippen LogP contribution < -0.4 is 15.5 Å². The third kappa shape index (κ3) is 7.55. The van der Waals surface area contributed by atoms with Crippen molar-refractivity contribution >= 4 is 45.6 Å². The molecule has 158 valence electrons. The summed E-state index contributed by atoms with van der Waals surface area (Å²) in [6.45, 7) is 0.221. The van der Waals surface area contributed by atoms with Crippen LogP contribution in [0.4, 0.5) is 0 Å². The first-order valence-electron chi connectivity index (χ1n) is 9.32. The number of hydrazone groups is 1. The van der Waals surface area contributed by atoms with Crippen LogP contribution in [0, 0.1) is 0 Å². The Bertz CT molecular complexity index is 1090. The molecule has 31 heavy (non-hydrogen) atoms. The van der Waals surface area contributed by atoms with E-state index in [4.69, 9.17) is 16.3 Å². The molecule has 0 aromatic heterocycles. The lowest BCUT2D eigenvalue weighted by Crippen LogP contribution is -2.34. The van der Waals surface area contributed by atoms with Crippen LogP contribution in [0.25, 0.3) is 0 Å². The molecule has 0 saturated heterocycles. The predicted molar refractivity (Wildman–Crippen MR) is 124 cm³/mol. The van der Waals surface area contributed by atoms with Gasteiger partial charge in [0.2, 0.25) is 0 Å². The molecule has 2 N–H and O–H groups in total. The zero-order valence-corrected chi connectivity index (χ0v) is 18.7. The van der Waals surface area contributed by atoms with Gasteiger partial charge in [0.05, 0.1) is 12.8 Å². The molecule has 0 aliphatic carbocycles. The van der Waals surface area contributed by atoms with Gasteiger partial charge in [-0.05, 0) is 53.6 Å². The minimum absolute atomic E-state index is 0.188. The quantitative estimate of drug-likeness (QED) is 0.351. The van der Waals surface area contributed by atoms with Crippen molar-refractivity contribution in [2.24, 2.45) is 5.10 Å². The van der Waals surface area contributed by atoms with Gasteiger partial charge in [-0.3, -0.25) is 9.59 Å². The molecule has 0 unspecified atom stereocenters. The average molecular weight is 501 g/mol. The van der Waals surface area contributed by atoms with Crippen molar-refractivity contribution < 1.29 is 14.3 Å². The second-order valence-corrected chi connectivity index (χ2v) is 7.83. The second-order valence-electron chi connectivity index (χ2n) is 6.47. The second kappa shape index (κ2) is 11.3. The van der Waals surface area contributed by atoms with Crippen LogP contribution >= 0.6 is 27.5 Å². The van der Waals surface area contributed by atoms with E-state index in [0.717, 1.165) is 15.6 Å². The molecule has 0 heterocycles. The molecule has 0 bridgehead atoms. The van der Waals surface area contributed by atoms with Crippen molar-refractivity contribution in [2.75, 3.05) is 6.54 Å². The number of amides is 2. The summed E-state index contributed by atoms with van der Waals surface area (Å²) in [5.74, 6) is -0.104. The largest absolute Gasteiger partial charge is 0.489 e. The summed E-state index contributed by atoms with van der Waals surface area (Å²) in [6.07, 6.45) is 1.50. The molecule has 2 amide bonds. The number of rotatable bonds is 8. The molecule has 0 aliphatic rings. The number of halogens is 2.